The Morgan fingerprint density at radius 1 is 0.956 bits per heavy atom. The average Bonchev–Trinajstić information content (AvgIpc) is 3.05. The van der Waals surface area contributed by atoms with Crippen molar-refractivity contribution in [3.8, 4) is 0 Å². The minimum absolute atomic E-state index is 0.0000682. The zero-order chi connectivity index (χ0) is 31.9. The van der Waals surface area contributed by atoms with Crippen LogP contribution in [0.3, 0.4) is 0 Å². The normalized spacial score (nSPS) is 16.7. The molecule has 2 aliphatic heterocycles. The molecule has 13 heteroatoms. The number of piperazine rings is 1. The van der Waals surface area contributed by atoms with Crippen LogP contribution in [0.2, 0.25) is 0 Å². The molecule has 4 rings (SSSR count). The predicted octanol–water partition coefficient (Wildman–Crippen LogP) is 3.44. The molecule has 2 aromatic rings. The summed E-state index contributed by atoms with van der Waals surface area (Å²) in [7, 11) is 1.76. The molecule has 3 N–H and O–H groups in total. The minimum Gasteiger partial charge on any atom is -0.382 e. The van der Waals surface area contributed by atoms with E-state index in [1.165, 1.54) is 0 Å². The fraction of sp³-hybridized carbons (Fsp3) is 0.688. The number of aromatic nitrogens is 3. The molecule has 2 fully saturated rings. The third-order valence-electron chi connectivity index (χ3n) is 8.01. The number of carbonyl (C=O) groups excluding carboxylic acids is 1. The van der Waals surface area contributed by atoms with Crippen molar-refractivity contribution in [3.63, 3.8) is 0 Å². The number of pyridine rings is 1. The van der Waals surface area contributed by atoms with Gasteiger partial charge in [0.2, 0.25) is 11.9 Å². The molecule has 0 radical (unpaired) electrons. The quantitative estimate of drug-likeness (QED) is 0.209. The lowest BCUT2D eigenvalue weighted by Gasteiger charge is -2.34. The lowest BCUT2D eigenvalue weighted by molar-refractivity contribution is -0.120. The molecule has 2 saturated heterocycles. The summed E-state index contributed by atoms with van der Waals surface area (Å²) >= 11 is 0. The fourth-order valence-electron chi connectivity index (χ4n) is 5.56. The van der Waals surface area contributed by atoms with Crippen LogP contribution >= 0.6 is 0 Å². The number of piperidine rings is 1. The molecule has 45 heavy (non-hydrogen) atoms. The predicted molar refractivity (Wildman–Crippen MR) is 179 cm³/mol. The third kappa shape index (κ3) is 12.0. The van der Waals surface area contributed by atoms with Crippen LogP contribution in [0.25, 0.3) is 0 Å². The van der Waals surface area contributed by atoms with E-state index < -0.39 is 0 Å². The Hall–Kier alpha value is -3.10. The fourth-order valence-corrected chi connectivity index (χ4v) is 5.56. The van der Waals surface area contributed by atoms with E-state index in [9.17, 15) is 4.79 Å². The Labute approximate surface area is 268 Å². The van der Waals surface area contributed by atoms with E-state index in [-0.39, 0.29) is 18.6 Å². The van der Waals surface area contributed by atoms with Crippen LogP contribution in [-0.2, 0) is 19.0 Å². The lowest BCUT2D eigenvalue weighted by atomic mass is 10.1. The maximum atomic E-state index is 12.7. The van der Waals surface area contributed by atoms with Crippen molar-refractivity contribution in [3.05, 3.63) is 24.5 Å². The van der Waals surface area contributed by atoms with E-state index in [4.69, 9.17) is 19.2 Å². The maximum absolute atomic E-state index is 12.7. The maximum Gasteiger partial charge on any atom is 0.250 e. The molecule has 4 heterocycles. The second kappa shape index (κ2) is 18.8. The number of rotatable bonds is 18. The molecule has 0 spiro atoms. The summed E-state index contributed by atoms with van der Waals surface area (Å²) in [4.78, 5) is 33.6. The number of anilines is 5. The molecule has 0 aliphatic carbocycles. The van der Waals surface area contributed by atoms with Crippen LogP contribution in [0, 0.1) is 0 Å². The van der Waals surface area contributed by atoms with Gasteiger partial charge in [-0.15, -0.1) is 0 Å². The highest BCUT2D eigenvalue weighted by Gasteiger charge is 2.21. The number of hydrogen-bond acceptors (Lipinski definition) is 12. The molecule has 0 atom stereocenters. The highest BCUT2D eigenvalue weighted by molar-refractivity contribution is 5.95. The van der Waals surface area contributed by atoms with Crippen LogP contribution in [0.15, 0.2) is 24.5 Å². The van der Waals surface area contributed by atoms with Crippen LogP contribution in [0.1, 0.15) is 46.5 Å². The Bertz CT molecular complexity index is 1160. The number of nitrogens with one attached hydrogen (secondary N) is 3. The molecule has 0 unspecified atom stereocenters. The first-order valence-electron chi connectivity index (χ1n) is 16.5. The van der Waals surface area contributed by atoms with Gasteiger partial charge < -0.3 is 44.9 Å². The molecule has 0 aromatic carbocycles. The van der Waals surface area contributed by atoms with Gasteiger partial charge in [-0.25, -0.2) is 9.97 Å². The Morgan fingerprint density at radius 2 is 1.64 bits per heavy atom. The molecule has 0 saturated carbocycles. The van der Waals surface area contributed by atoms with E-state index in [0.29, 0.717) is 36.0 Å². The van der Waals surface area contributed by atoms with Gasteiger partial charge in [-0.3, -0.25) is 4.79 Å². The second-order valence-corrected chi connectivity index (χ2v) is 11.9. The van der Waals surface area contributed by atoms with Crippen molar-refractivity contribution >= 4 is 34.9 Å². The zero-order valence-electron chi connectivity index (χ0n) is 27.6. The monoisotopic (exact) mass is 627 g/mol. The minimum atomic E-state index is -0.206. The Kier molecular flexibility index (Phi) is 14.5. The van der Waals surface area contributed by atoms with E-state index in [1.807, 2.05) is 32.9 Å². The van der Waals surface area contributed by atoms with Crippen molar-refractivity contribution in [1.29, 1.82) is 0 Å². The summed E-state index contributed by atoms with van der Waals surface area (Å²) < 4.78 is 16.6. The highest BCUT2D eigenvalue weighted by Crippen LogP contribution is 2.27. The molecule has 0 bridgehead atoms. The zero-order valence-corrected chi connectivity index (χ0v) is 27.6. The number of ether oxygens (including phenoxy) is 3. The molecule has 250 valence electrons. The summed E-state index contributed by atoms with van der Waals surface area (Å²) in [5.41, 5.74) is 1.37. The van der Waals surface area contributed by atoms with E-state index >= 15 is 0 Å². The van der Waals surface area contributed by atoms with Gasteiger partial charge in [-0.05, 0) is 52.5 Å². The van der Waals surface area contributed by atoms with Gasteiger partial charge in [0.15, 0.2) is 0 Å². The first-order valence-corrected chi connectivity index (χ1v) is 16.5. The first kappa shape index (κ1) is 34.8. The summed E-state index contributed by atoms with van der Waals surface area (Å²) in [5, 5.41) is 9.65. The molecule has 13 nitrogen and oxygen atoms in total. The average molecular weight is 628 g/mol. The number of amides is 1. The van der Waals surface area contributed by atoms with Crippen molar-refractivity contribution in [2.24, 2.45) is 0 Å². The van der Waals surface area contributed by atoms with Crippen molar-refractivity contribution in [2.45, 2.75) is 58.6 Å². The third-order valence-corrected chi connectivity index (χ3v) is 8.01. The van der Waals surface area contributed by atoms with Crippen LogP contribution in [-0.4, -0.2) is 129 Å². The number of carbonyl (C=O) groups is 1. The van der Waals surface area contributed by atoms with Gasteiger partial charge in [0.05, 0.1) is 23.7 Å². The van der Waals surface area contributed by atoms with E-state index in [2.05, 4.69) is 40.6 Å². The van der Waals surface area contributed by atoms with Crippen LogP contribution < -0.4 is 20.9 Å². The van der Waals surface area contributed by atoms with Gasteiger partial charge in [0, 0.05) is 97.6 Å². The molecule has 2 aromatic heterocycles. The molecular formula is C32H53N9O4. The lowest BCUT2D eigenvalue weighted by Crippen LogP contribution is -2.47. The largest absolute Gasteiger partial charge is 0.382 e. The summed E-state index contributed by atoms with van der Waals surface area (Å²) in [6.45, 7) is 16.5. The number of hydrogen-bond donors (Lipinski definition) is 3. The second-order valence-electron chi connectivity index (χ2n) is 11.9. The van der Waals surface area contributed by atoms with E-state index in [1.54, 1.807) is 19.5 Å². The Balaban J connectivity index is 1.20. The van der Waals surface area contributed by atoms with Crippen molar-refractivity contribution in [2.75, 3.05) is 107 Å². The molecular weight excluding hydrogens is 574 g/mol. The summed E-state index contributed by atoms with van der Waals surface area (Å²) in [6.07, 6.45) is 7.60. The number of nitrogens with zero attached hydrogens (tertiary/aromatic N) is 6. The highest BCUT2D eigenvalue weighted by atomic mass is 16.5. The molecule has 2 aliphatic rings. The van der Waals surface area contributed by atoms with Gasteiger partial charge in [-0.2, -0.15) is 4.98 Å². The van der Waals surface area contributed by atoms with Gasteiger partial charge >= 0.3 is 0 Å². The number of methoxy groups -OCH3 is 1. The van der Waals surface area contributed by atoms with Gasteiger partial charge in [-0.1, -0.05) is 0 Å². The molecule has 1 amide bonds. The van der Waals surface area contributed by atoms with Crippen molar-refractivity contribution in [1.82, 2.24) is 24.8 Å². The van der Waals surface area contributed by atoms with Crippen LogP contribution in [0.4, 0.5) is 29.0 Å². The van der Waals surface area contributed by atoms with Crippen molar-refractivity contribution < 1.29 is 19.0 Å². The summed E-state index contributed by atoms with van der Waals surface area (Å²) in [6, 6.07) is 3.85. The summed E-state index contributed by atoms with van der Waals surface area (Å²) in [5.74, 6) is 1.75. The topological polar surface area (TPSA) is 129 Å². The van der Waals surface area contributed by atoms with Gasteiger partial charge in [0.1, 0.15) is 18.2 Å². The smallest absolute Gasteiger partial charge is 0.250 e. The van der Waals surface area contributed by atoms with Crippen LogP contribution in [0.5, 0.6) is 0 Å². The standard InChI is InChI=1S/C32H53N9O4/c1-5-44-20-6-12-39-16-18-40(19-17-39)13-7-21-45-24-31(42)36-28-23-34-30(22-27(28)35-25(2)3)37-29-8-11-33-32(38-29)41-14-9-26(43-4)10-15-41/h8,11,22-23,25-26H,5-7,9-10,12-21,24H2,1-4H3,(H,36,42)(H2,33,34,35,37,38). The first-order chi connectivity index (χ1) is 21.9. The Morgan fingerprint density at radius 3 is 2.29 bits per heavy atom. The SMILES string of the molecule is CCOCCCN1CCN(CCCOCC(=O)Nc2cnc(Nc3ccnc(N4CCC(OC)CC4)n3)cc2NC(C)C)CC1. The van der Waals surface area contributed by atoms with E-state index in [0.717, 1.165) is 96.9 Å². The van der Waals surface area contributed by atoms with Gasteiger partial charge in [0.25, 0.3) is 0 Å².